The van der Waals surface area contributed by atoms with E-state index in [-0.39, 0.29) is 11.9 Å². The minimum atomic E-state index is -0.169. The van der Waals surface area contributed by atoms with Crippen LogP contribution in [-0.2, 0) is 7.05 Å². The van der Waals surface area contributed by atoms with Crippen molar-refractivity contribution in [2.75, 3.05) is 0 Å². The molecule has 0 bridgehead atoms. The van der Waals surface area contributed by atoms with Crippen molar-refractivity contribution in [3.05, 3.63) is 59.5 Å². The third-order valence-corrected chi connectivity index (χ3v) is 3.98. The van der Waals surface area contributed by atoms with Gasteiger partial charge in [0.05, 0.1) is 17.3 Å². The quantitative estimate of drug-likeness (QED) is 0.805. The van der Waals surface area contributed by atoms with Crippen LogP contribution in [0.15, 0.2) is 42.6 Å². The molecule has 23 heavy (non-hydrogen) atoms. The van der Waals surface area contributed by atoms with Gasteiger partial charge in [0.25, 0.3) is 5.91 Å². The molecule has 0 aliphatic rings. The van der Waals surface area contributed by atoms with Crippen LogP contribution in [0.4, 0.5) is 0 Å². The molecule has 0 saturated carbocycles. The van der Waals surface area contributed by atoms with Crippen LogP contribution in [0.25, 0.3) is 10.9 Å². The highest BCUT2D eigenvalue weighted by molar-refractivity contribution is 6.04. The molecule has 1 aromatic carbocycles. The lowest BCUT2D eigenvalue weighted by atomic mass is 10.1. The Morgan fingerprint density at radius 1 is 1.30 bits per heavy atom. The van der Waals surface area contributed by atoms with Crippen molar-refractivity contribution in [2.24, 2.45) is 7.05 Å². The van der Waals surface area contributed by atoms with Crippen molar-refractivity contribution < 1.29 is 4.79 Å². The van der Waals surface area contributed by atoms with E-state index in [0.29, 0.717) is 5.69 Å². The number of pyridine rings is 1. The van der Waals surface area contributed by atoms with Crippen LogP contribution >= 0.6 is 0 Å². The third-order valence-electron chi connectivity index (χ3n) is 3.98. The van der Waals surface area contributed by atoms with Gasteiger partial charge in [0.2, 0.25) is 0 Å². The zero-order valence-electron chi connectivity index (χ0n) is 13.6. The first-order valence-corrected chi connectivity index (χ1v) is 7.75. The molecule has 5 heteroatoms. The monoisotopic (exact) mass is 308 g/mol. The number of nitrogens with one attached hydrogen (secondary N) is 1. The molecule has 0 fully saturated rings. The summed E-state index contributed by atoms with van der Waals surface area (Å²) in [5.41, 5.74) is 3.40. The molecule has 0 aliphatic carbocycles. The third kappa shape index (κ3) is 2.95. The van der Waals surface area contributed by atoms with Crippen LogP contribution in [0, 0.1) is 6.92 Å². The lowest BCUT2D eigenvalue weighted by Crippen LogP contribution is -2.29. The minimum Gasteiger partial charge on any atom is -0.342 e. The summed E-state index contributed by atoms with van der Waals surface area (Å²) < 4.78 is 1.73. The fourth-order valence-corrected chi connectivity index (χ4v) is 2.74. The lowest BCUT2D eigenvalue weighted by Gasteiger charge is -2.16. The molecule has 0 spiro atoms. The molecule has 118 valence electrons. The Balaban J connectivity index is 1.90. The molecule has 0 unspecified atom stereocenters. The first-order valence-electron chi connectivity index (χ1n) is 7.75. The summed E-state index contributed by atoms with van der Waals surface area (Å²) in [6.07, 6.45) is 2.54. The van der Waals surface area contributed by atoms with Gasteiger partial charge in [0, 0.05) is 18.6 Å². The maximum absolute atomic E-state index is 12.7. The van der Waals surface area contributed by atoms with Crippen molar-refractivity contribution in [3.8, 4) is 0 Å². The van der Waals surface area contributed by atoms with Crippen LogP contribution in [0.3, 0.4) is 0 Å². The number of carbonyl (C=O) groups is 1. The largest absolute Gasteiger partial charge is 0.342 e. The van der Waals surface area contributed by atoms with E-state index in [2.05, 4.69) is 15.4 Å². The summed E-state index contributed by atoms with van der Waals surface area (Å²) in [5, 5.41) is 8.29. The Bertz CT molecular complexity index is 853. The van der Waals surface area contributed by atoms with Crippen LogP contribution < -0.4 is 5.32 Å². The van der Waals surface area contributed by atoms with E-state index in [0.717, 1.165) is 28.6 Å². The van der Waals surface area contributed by atoms with Gasteiger partial charge in [-0.05, 0) is 37.1 Å². The van der Waals surface area contributed by atoms with E-state index >= 15 is 0 Å². The second kappa shape index (κ2) is 6.20. The number of hydrogen-bond acceptors (Lipinski definition) is 3. The molecule has 2 heterocycles. The molecule has 0 aliphatic heterocycles. The van der Waals surface area contributed by atoms with Crippen LogP contribution in [-0.4, -0.2) is 20.7 Å². The zero-order chi connectivity index (χ0) is 16.4. The van der Waals surface area contributed by atoms with Gasteiger partial charge in [0.1, 0.15) is 0 Å². The van der Waals surface area contributed by atoms with E-state index in [1.807, 2.05) is 57.3 Å². The normalized spacial score (nSPS) is 12.3. The number of para-hydroxylation sites is 1. The number of aromatic nitrogens is 3. The molecule has 1 atom stereocenters. The van der Waals surface area contributed by atoms with Crippen molar-refractivity contribution in [2.45, 2.75) is 26.3 Å². The van der Waals surface area contributed by atoms with E-state index in [4.69, 9.17) is 0 Å². The van der Waals surface area contributed by atoms with Gasteiger partial charge in [-0.15, -0.1) is 0 Å². The molecule has 1 amide bonds. The van der Waals surface area contributed by atoms with Gasteiger partial charge >= 0.3 is 0 Å². The number of nitrogens with zero attached hydrogens (tertiary/aromatic N) is 3. The Morgan fingerprint density at radius 3 is 2.83 bits per heavy atom. The summed E-state index contributed by atoms with van der Waals surface area (Å²) in [6, 6.07) is 11.6. The molecule has 3 rings (SSSR count). The van der Waals surface area contributed by atoms with E-state index in [1.54, 1.807) is 10.9 Å². The maximum Gasteiger partial charge on any atom is 0.272 e. The number of benzene rings is 1. The fourth-order valence-electron chi connectivity index (χ4n) is 2.74. The minimum absolute atomic E-state index is 0.122. The average molecular weight is 308 g/mol. The van der Waals surface area contributed by atoms with E-state index in [1.165, 1.54) is 0 Å². The molecule has 5 nitrogen and oxygen atoms in total. The highest BCUT2D eigenvalue weighted by atomic mass is 16.2. The molecule has 0 radical (unpaired) electrons. The van der Waals surface area contributed by atoms with Crippen LogP contribution in [0.5, 0.6) is 0 Å². The van der Waals surface area contributed by atoms with E-state index < -0.39 is 0 Å². The van der Waals surface area contributed by atoms with Crippen molar-refractivity contribution >= 4 is 16.8 Å². The van der Waals surface area contributed by atoms with Gasteiger partial charge in [-0.25, -0.2) is 0 Å². The SMILES string of the molecule is CC[C@@H](NC(=O)c1nn(C)c2ccccc12)c1cc(C)ccn1. The van der Waals surface area contributed by atoms with Crippen molar-refractivity contribution in [3.63, 3.8) is 0 Å². The summed E-state index contributed by atoms with van der Waals surface area (Å²) in [4.78, 5) is 17.1. The van der Waals surface area contributed by atoms with Gasteiger partial charge in [0.15, 0.2) is 5.69 Å². The molecular weight excluding hydrogens is 288 g/mol. The number of rotatable bonds is 4. The Kier molecular flexibility index (Phi) is 4.10. The molecule has 3 aromatic rings. The van der Waals surface area contributed by atoms with E-state index in [9.17, 15) is 4.79 Å². The summed E-state index contributed by atoms with van der Waals surface area (Å²) in [6.45, 7) is 4.05. The Labute approximate surface area is 135 Å². The second-order valence-corrected chi connectivity index (χ2v) is 5.68. The van der Waals surface area contributed by atoms with Crippen LogP contribution in [0.1, 0.15) is 41.1 Å². The molecular formula is C18H20N4O. The van der Waals surface area contributed by atoms with Gasteiger partial charge in [-0.3, -0.25) is 14.5 Å². The Morgan fingerprint density at radius 2 is 2.09 bits per heavy atom. The number of hydrogen-bond donors (Lipinski definition) is 1. The molecule has 1 N–H and O–H groups in total. The fraction of sp³-hybridized carbons (Fsp3) is 0.278. The number of fused-ring (bicyclic) bond motifs is 1. The highest BCUT2D eigenvalue weighted by Crippen LogP contribution is 2.20. The zero-order valence-corrected chi connectivity index (χ0v) is 13.6. The predicted molar refractivity (Wildman–Crippen MR) is 90.2 cm³/mol. The Hall–Kier alpha value is -2.69. The summed E-state index contributed by atoms with van der Waals surface area (Å²) in [5.74, 6) is -0.169. The predicted octanol–water partition coefficient (Wildman–Crippen LogP) is 3.16. The van der Waals surface area contributed by atoms with Gasteiger partial charge in [-0.1, -0.05) is 25.1 Å². The topological polar surface area (TPSA) is 59.8 Å². The standard InChI is InChI=1S/C18H20N4O/c1-4-14(15-11-12(2)9-10-19-15)20-18(23)17-13-7-5-6-8-16(13)22(3)21-17/h5-11,14H,4H2,1-3H3,(H,20,23)/t14-/m1/s1. The number of amides is 1. The summed E-state index contributed by atoms with van der Waals surface area (Å²) in [7, 11) is 1.85. The number of carbonyl (C=O) groups excluding carboxylic acids is 1. The number of aryl methyl sites for hydroxylation is 2. The molecule has 2 aromatic heterocycles. The van der Waals surface area contributed by atoms with Gasteiger partial charge < -0.3 is 5.32 Å². The lowest BCUT2D eigenvalue weighted by molar-refractivity contribution is 0.0930. The first kappa shape index (κ1) is 15.2. The molecule has 0 saturated heterocycles. The van der Waals surface area contributed by atoms with Crippen molar-refractivity contribution in [1.82, 2.24) is 20.1 Å². The van der Waals surface area contributed by atoms with Gasteiger partial charge in [-0.2, -0.15) is 5.10 Å². The smallest absolute Gasteiger partial charge is 0.272 e. The first-order chi connectivity index (χ1) is 11.1. The summed E-state index contributed by atoms with van der Waals surface area (Å²) >= 11 is 0. The second-order valence-electron chi connectivity index (χ2n) is 5.68. The van der Waals surface area contributed by atoms with Crippen molar-refractivity contribution in [1.29, 1.82) is 0 Å². The average Bonchev–Trinajstić information content (AvgIpc) is 2.90. The highest BCUT2D eigenvalue weighted by Gasteiger charge is 2.20. The van der Waals surface area contributed by atoms with Crippen LogP contribution in [0.2, 0.25) is 0 Å². The maximum atomic E-state index is 12.7.